The van der Waals surface area contributed by atoms with Gasteiger partial charge in [-0.15, -0.1) is 0 Å². The number of anilines is 1. The zero-order valence-electron chi connectivity index (χ0n) is 16.1. The van der Waals surface area contributed by atoms with Crippen LogP contribution in [0.1, 0.15) is 17.2 Å². The zero-order chi connectivity index (χ0) is 22.0. The fraction of sp³-hybridized carbons (Fsp3) is 0.130. The number of rotatable bonds is 4. The number of carbonyl (C=O) groups is 2. The summed E-state index contributed by atoms with van der Waals surface area (Å²) in [5.41, 5.74) is 2.18. The van der Waals surface area contributed by atoms with E-state index in [0.29, 0.717) is 26.5 Å². The summed E-state index contributed by atoms with van der Waals surface area (Å²) in [4.78, 5) is 27.3. The highest BCUT2D eigenvalue weighted by Crippen LogP contribution is 2.37. The number of benzene rings is 3. The normalized spacial score (nSPS) is 15.6. The van der Waals surface area contributed by atoms with Gasteiger partial charge in [0.2, 0.25) is 5.91 Å². The number of nitrogens with zero attached hydrogens (tertiary/aromatic N) is 1. The Hall–Kier alpha value is -2.73. The van der Waals surface area contributed by atoms with Gasteiger partial charge in [-0.2, -0.15) is 0 Å². The fourth-order valence-electron chi connectivity index (χ4n) is 3.52. The molecule has 1 aliphatic heterocycles. The maximum absolute atomic E-state index is 13.2. The average Bonchev–Trinajstić information content (AvgIpc) is 2.89. The van der Waals surface area contributed by atoms with E-state index in [1.54, 1.807) is 30.3 Å². The molecule has 1 aliphatic rings. The summed E-state index contributed by atoms with van der Waals surface area (Å²) < 4.78 is 5.64. The highest BCUT2D eigenvalue weighted by Gasteiger charge is 2.33. The zero-order valence-corrected chi connectivity index (χ0v) is 18.4. The molecule has 0 saturated carbocycles. The molecule has 2 amide bonds. The van der Waals surface area contributed by atoms with E-state index in [9.17, 15) is 9.59 Å². The molecule has 0 saturated heterocycles. The first-order valence-electron chi connectivity index (χ1n) is 9.44. The maximum Gasteiger partial charge on any atom is 0.261 e. The van der Waals surface area contributed by atoms with Gasteiger partial charge in [0.25, 0.3) is 5.91 Å². The minimum atomic E-state index is -0.523. The molecule has 5 nitrogen and oxygen atoms in total. The lowest BCUT2D eigenvalue weighted by atomic mass is 9.96. The molecule has 31 heavy (non-hydrogen) atoms. The first-order chi connectivity index (χ1) is 14.9. The van der Waals surface area contributed by atoms with Gasteiger partial charge >= 0.3 is 0 Å². The molecule has 0 fully saturated rings. The second kappa shape index (κ2) is 9.18. The van der Waals surface area contributed by atoms with Gasteiger partial charge in [0.1, 0.15) is 12.3 Å². The monoisotopic (exact) mass is 474 g/mol. The van der Waals surface area contributed by atoms with Gasteiger partial charge in [-0.25, -0.2) is 0 Å². The third kappa shape index (κ3) is 4.79. The van der Waals surface area contributed by atoms with Crippen LogP contribution in [-0.2, 0) is 9.59 Å². The van der Waals surface area contributed by atoms with Crippen molar-refractivity contribution in [2.75, 3.05) is 18.5 Å². The molecule has 3 aromatic rings. The van der Waals surface area contributed by atoms with Crippen LogP contribution in [-0.4, -0.2) is 29.9 Å². The summed E-state index contributed by atoms with van der Waals surface area (Å²) in [6.45, 7) is -0.434. The molecule has 0 aliphatic carbocycles. The Labute approximate surface area is 194 Å². The van der Waals surface area contributed by atoms with Gasteiger partial charge in [0, 0.05) is 21.3 Å². The third-order valence-electron chi connectivity index (χ3n) is 4.89. The molecule has 8 heteroatoms. The molecular formula is C23H17Cl3N2O3. The van der Waals surface area contributed by atoms with Crippen molar-refractivity contribution < 1.29 is 14.3 Å². The summed E-state index contributed by atoms with van der Waals surface area (Å²) in [5, 5.41) is 4.12. The molecule has 0 bridgehead atoms. The Morgan fingerprint density at radius 1 is 1.00 bits per heavy atom. The van der Waals surface area contributed by atoms with Crippen LogP contribution in [0.15, 0.2) is 66.7 Å². The molecule has 1 N–H and O–H groups in total. The van der Waals surface area contributed by atoms with Gasteiger partial charge in [-0.1, -0.05) is 65.1 Å². The van der Waals surface area contributed by atoms with Gasteiger partial charge < -0.3 is 15.0 Å². The quantitative estimate of drug-likeness (QED) is 0.535. The van der Waals surface area contributed by atoms with E-state index in [-0.39, 0.29) is 25.0 Å². The lowest BCUT2D eigenvalue weighted by molar-refractivity contribution is -0.138. The van der Waals surface area contributed by atoms with Gasteiger partial charge in [-0.3, -0.25) is 9.59 Å². The number of ether oxygens (including phenoxy) is 1. The van der Waals surface area contributed by atoms with Crippen LogP contribution >= 0.6 is 34.8 Å². The van der Waals surface area contributed by atoms with E-state index in [0.717, 1.165) is 11.1 Å². The van der Waals surface area contributed by atoms with E-state index in [1.165, 1.54) is 11.0 Å². The average molecular weight is 476 g/mol. The smallest absolute Gasteiger partial charge is 0.261 e. The van der Waals surface area contributed by atoms with E-state index in [2.05, 4.69) is 5.32 Å². The summed E-state index contributed by atoms with van der Waals surface area (Å²) in [6, 6.07) is 18.9. The first-order valence-corrected chi connectivity index (χ1v) is 10.6. The van der Waals surface area contributed by atoms with Crippen molar-refractivity contribution in [1.29, 1.82) is 0 Å². The van der Waals surface area contributed by atoms with Crippen LogP contribution in [0.2, 0.25) is 15.1 Å². The Kier molecular flexibility index (Phi) is 6.37. The van der Waals surface area contributed by atoms with Crippen LogP contribution in [0, 0.1) is 0 Å². The van der Waals surface area contributed by atoms with Crippen LogP contribution < -0.4 is 10.1 Å². The standard InChI is InChI=1S/C23H17Cl3N2O3/c24-15-6-8-19-17(10-15)23(14-4-2-1-3-5-14)28(12-21(29)27-19)22(30)13-31-20-9-7-16(25)11-18(20)26/h1-11,23H,12-13H2,(H,27,29). The fourth-order valence-corrected chi connectivity index (χ4v) is 4.16. The molecular weight excluding hydrogens is 459 g/mol. The first kappa shape index (κ1) is 21.5. The molecule has 1 unspecified atom stereocenters. The van der Waals surface area contributed by atoms with Crippen molar-refractivity contribution in [1.82, 2.24) is 4.90 Å². The van der Waals surface area contributed by atoms with E-state index >= 15 is 0 Å². The molecule has 158 valence electrons. The Balaban J connectivity index is 1.69. The summed E-state index contributed by atoms with van der Waals surface area (Å²) in [7, 11) is 0. The topological polar surface area (TPSA) is 58.6 Å². The van der Waals surface area contributed by atoms with Gasteiger partial charge in [-0.05, 0) is 42.0 Å². The number of hydrogen-bond donors (Lipinski definition) is 1. The van der Waals surface area contributed by atoms with Crippen LogP contribution in [0.3, 0.4) is 0 Å². The van der Waals surface area contributed by atoms with Crippen molar-refractivity contribution in [2.24, 2.45) is 0 Å². The Morgan fingerprint density at radius 3 is 2.45 bits per heavy atom. The van der Waals surface area contributed by atoms with Crippen molar-refractivity contribution in [3.05, 3.63) is 92.9 Å². The van der Waals surface area contributed by atoms with Crippen LogP contribution in [0.5, 0.6) is 5.75 Å². The highest BCUT2D eigenvalue weighted by molar-refractivity contribution is 6.35. The molecule has 3 aromatic carbocycles. The number of nitrogens with one attached hydrogen (secondary N) is 1. The maximum atomic E-state index is 13.2. The molecule has 0 aromatic heterocycles. The molecule has 1 atom stereocenters. The van der Waals surface area contributed by atoms with Crippen molar-refractivity contribution in [3.63, 3.8) is 0 Å². The lowest BCUT2D eigenvalue weighted by Gasteiger charge is -2.30. The predicted octanol–water partition coefficient (Wildman–Crippen LogP) is 5.60. The molecule has 0 radical (unpaired) electrons. The van der Waals surface area contributed by atoms with Crippen molar-refractivity contribution >= 4 is 52.3 Å². The Morgan fingerprint density at radius 2 is 1.71 bits per heavy atom. The van der Waals surface area contributed by atoms with E-state index in [4.69, 9.17) is 39.5 Å². The number of amides is 2. The van der Waals surface area contributed by atoms with Gasteiger partial charge in [0.05, 0.1) is 11.1 Å². The number of fused-ring (bicyclic) bond motifs is 1. The van der Waals surface area contributed by atoms with E-state index < -0.39 is 6.04 Å². The minimum absolute atomic E-state index is 0.137. The van der Waals surface area contributed by atoms with Crippen molar-refractivity contribution in [3.8, 4) is 5.75 Å². The van der Waals surface area contributed by atoms with Crippen LogP contribution in [0.4, 0.5) is 5.69 Å². The molecule has 4 rings (SSSR count). The summed E-state index contributed by atoms with van der Waals surface area (Å²) in [5.74, 6) is -0.346. The Bertz CT molecular complexity index is 1140. The second-order valence-electron chi connectivity index (χ2n) is 6.98. The summed E-state index contributed by atoms with van der Waals surface area (Å²) in [6.07, 6.45) is 0. The predicted molar refractivity (Wildman–Crippen MR) is 122 cm³/mol. The van der Waals surface area contributed by atoms with Crippen LogP contribution in [0.25, 0.3) is 0 Å². The van der Waals surface area contributed by atoms with Gasteiger partial charge in [0.15, 0.2) is 6.61 Å². The molecule has 0 spiro atoms. The second-order valence-corrected chi connectivity index (χ2v) is 8.26. The van der Waals surface area contributed by atoms with E-state index in [1.807, 2.05) is 30.3 Å². The minimum Gasteiger partial charge on any atom is -0.482 e. The highest BCUT2D eigenvalue weighted by atomic mass is 35.5. The van der Waals surface area contributed by atoms with Crippen molar-refractivity contribution in [2.45, 2.75) is 6.04 Å². The molecule has 1 heterocycles. The third-order valence-corrected chi connectivity index (χ3v) is 5.65. The summed E-state index contributed by atoms with van der Waals surface area (Å²) >= 11 is 18.3. The number of halogens is 3. The SMILES string of the molecule is O=C1CN(C(=O)COc2ccc(Cl)cc2Cl)C(c2ccccc2)c2cc(Cl)ccc2N1. The largest absolute Gasteiger partial charge is 0.482 e. The number of hydrogen-bond acceptors (Lipinski definition) is 3. The lowest BCUT2D eigenvalue weighted by Crippen LogP contribution is -2.41. The number of carbonyl (C=O) groups excluding carboxylic acids is 2.